The summed E-state index contributed by atoms with van der Waals surface area (Å²) in [7, 11) is 0. The first-order chi connectivity index (χ1) is 8.50. The molecule has 1 aromatic carbocycles. The maximum atomic E-state index is 6.03. The van der Waals surface area contributed by atoms with E-state index < -0.39 is 0 Å². The fourth-order valence-corrected chi connectivity index (χ4v) is 2.98. The van der Waals surface area contributed by atoms with Crippen LogP contribution in [0.4, 0.5) is 0 Å². The van der Waals surface area contributed by atoms with E-state index in [4.69, 9.17) is 4.74 Å². The van der Waals surface area contributed by atoms with Gasteiger partial charge in [-0.1, -0.05) is 40.2 Å². The zero-order valence-electron chi connectivity index (χ0n) is 11.4. The van der Waals surface area contributed by atoms with Gasteiger partial charge < -0.3 is 4.74 Å². The van der Waals surface area contributed by atoms with Gasteiger partial charge in [0.15, 0.2) is 0 Å². The lowest BCUT2D eigenvalue weighted by Gasteiger charge is -2.42. The molecule has 0 aromatic heterocycles. The van der Waals surface area contributed by atoms with Crippen molar-refractivity contribution in [2.24, 2.45) is 0 Å². The fraction of sp³-hybridized carbons (Fsp3) is 0.600. The number of nitrogens with zero attached hydrogens (tertiary/aromatic N) is 1. The number of rotatable bonds is 3. The van der Waals surface area contributed by atoms with Crippen LogP contribution in [0.5, 0.6) is 0 Å². The molecule has 18 heavy (non-hydrogen) atoms. The van der Waals surface area contributed by atoms with E-state index in [2.05, 4.69) is 65.9 Å². The van der Waals surface area contributed by atoms with Gasteiger partial charge in [0.05, 0.1) is 11.7 Å². The van der Waals surface area contributed by atoms with E-state index in [1.807, 2.05) is 0 Å². The Hall–Kier alpha value is -0.380. The molecule has 0 saturated carbocycles. The van der Waals surface area contributed by atoms with Crippen molar-refractivity contribution in [3.05, 3.63) is 35.4 Å². The first kappa shape index (κ1) is 14.0. The Bertz CT molecular complexity index is 405. The second kappa shape index (κ2) is 5.72. The average Bonchev–Trinajstić information content (AvgIpc) is 2.30. The minimum Gasteiger partial charge on any atom is -0.369 e. The van der Waals surface area contributed by atoms with Gasteiger partial charge >= 0.3 is 0 Å². The third kappa shape index (κ3) is 3.56. The van der Waals surface area contributed by atoms with Gasteiger partial charge in [-0.05, 0) is 31.9 Å². The van der Waals surface area contributed by atoms with Crippen LogP contribution in [0.3, 0.4) is 0 Å². The minimum atomic E-state index is -0.0562. The van der Waals surface area contributed by atoms with Crippen molar-refractivity contribution in [1.29, 1.82) is 0 Å². The summed E-state index contributed by atoms with van der Waals surface area (Å²) < 4.78 is 6.03. The summed E-state index contributed by atoms with van der Waals surface area (Å²) in [5.74, 6) is 0. The van der Waals surface area contributed by atoms with Crippen molar-refractivity contribution in [3.8, 4) is 0 Å². The van der Waals surface area contributed by atoms with Crippen molar-refractivity contribution >= 4 is 15.9 Å². The van der Waals surface area contributed by atoms with E-state index >= 15 is 0 Å². The number of halogens is 1. The van der Waals surface area contributed by atoms with Crippen LogP contribution in [0.25, 0.3) is 0 Å². The minimum absolute atomic E-state index is 0.0562. The molecule has 0 spiro atoms. The smallest absolute Gasteiger partial charge is 0.0806 e. The number of morpholine rings is 1. The van der Waals surface area contributed by atoms with E-state index in [9.17, 15) is 0 Å². The monoisotopic (exact) mass is 311 g/mol. The molecular formula is C15H22BrNO. The number of aryl methyl sites for hydroxylation is 1. The van der Waals surface area contributed by atoms with E-state index in [-0.39, 0.29) is 11.7 Å². The van der Waals surface area contributed by atoms with Gasteiger partial charge in [0.25, 0.3) is 0 Å². The SMILES string of the molecule is Cc1ccccc1CN1CC(CBr)OC(C)(C)C1. The van der Waals surface area contributed by atoms with Crippen molar-refractivity contribution < 1.29 is 4.74 Å². The summed E-state index contributed by atoms with van der Waals surface area (Å²) in [4.78, 5) is 2.50. The first-order valence-corrected chi connectivity index (χ1v) is 7.63. The molecule has 0 aliphatic carbocycles. The zero-order valence-corrected chi connectivity index (χ0v) is 13.0. The molecule has 1 fully saturated rings. The topological polar surface area (TPSA) is 12.5 Å². The number of hydrogen-bond donors (Lipinski definition) is 0. The Labute approximate surface area is 118 Å². The zero-order chi connectivity index (χ0) is 13.2. The molecule has 0 bridgehead atoms. The molecule has 1 aromatic rings. The second-order valence-corrected chi connectivity index (χ2v) is 6.40. The first-order valence-electron chi connectivity index (χ1n) is 6.51. The number of hydrogen-bond acceptors (Lipinski definition) is 2. The Kier molecular flexibility index (Phi) is 4.46. The molecule has 0 radical (unpaired) electrons. The molecule has 1 saturated heterocycles. The molecule has 1 heterocycles. The van der Waals surface area contributed by atoms with Crippen molar-refractivity contribution in [2.75, 3.05) is 18.4 Å². The molecule has 1 unspecified atom stereocenters. The van der Waals surface area contributed by atoms with Crippen LogP contribution in [-0.4, -0.2) is 35.0 Å². The number of alkyl halides is 1. The van der Waals surface area contributed by atoms with Crippen LogP contribution in [0.2, 0.25) is 0 Å². The summed E-state index contributed by atoms with van der Waals surface area (Å²) in [6.07, 6.45) is 0.290. The Morgan fingerprint density at radius 2 is 2.11 bits per heavy atom. The average molecular weight is 312 g/mol. The molecule has 2 nitrogen and oxygen atoms in total. The summed E-state index contributed by atoms with van der Waals surface area (Å²) in [5.41, 5.74) is 2.74. The summed E-state index contributed by atoms with van der Waals surface area (Å²) in [6, 6.07) is 8.63. The standard InChI is InChI=1S/C15H22BrNO/c1-12-6-4-5-7-13(12)9-17-10-14(8-16)18-15(2,3)11-17/h4-7,14H,8-11H2,1-3H3. The lowest BCUT2D eigenvalue weighted by atomic mass is 10.0. The highest BCUT2D eigenvalue weighted by Gasteiger charge is 2.32. The van der Waals surface area contributed by atoms with E-state index in [0.29, 0.717) is 0 Å². The van der Waals surface area contributed by atoms with E-state index in [1.165, 1.54) is 11.1 Å². The maximum Gasteiger partial charge on any atom is 0.0806 e. The predicted octanol–water partition coefficient (Wildman–Crippen LogP) is 3.37. The molecule has 1 atom stereocenters. The summed E-state index contributed by atoms with van der Waals surface area (Å²) in [6.45, 7) is 9.54. The van der Waals surface area contributed by atoms with Crippen LogP contribution in [0.1, 0.15) is 25.0 Å². The summed E-state index contributed by atoms with van der Waals surface area (Å²) >= 11 is 3.54. The van der Waals surface area contributed by atoms with Crippen molar-refractivity contribution in [2.45, 2.75) is 39.0 Å². The molecule has 1 aliphatic rings. The fourth-order valence-electron chi connectivity index (χ4n) is 2.65. The molecule has 2 rings (SSSR count). The Morgan fingerprint density at radius 3 is 2.78 bits per heavy atom. The van der Waals surface area contributed by atoms with Crippen molar-refractivity contribution in [3.63, 3.8) is 0 Å². The quantitative estimate of drug-likeness (QED) is 0.794. The largest absolute Gasteiger partial charge is 0.369 e. The molecule has 0 amide bonds. The summed E-state index contributed by atoms with van der Waals surface area (Å²) in [5, 5.41) is 0.903. The van der Waals surface area contributed by atoms with E-state index in [1.54, 1.807) is 0 Å². The second-order valence-electron chi connectivity index (χ2n) is 5.75. The normalized spacial score (nSPS) is 24.1. The van der Waals surface area contributed by atoms with Gasteiger partial charge in [-0.25, -0.2) is 0 Å². The highest BCUT2D eigenvalue weighted by molar-refractivity contribution is 9.09. The molecular weight excluding hydrogens is 290 g/mol. The van der Waals surface area contributed by atoms with Crippen LogP contribution >= 0.6 is 15.9 Å². The van der Waals surface area contributed by atoms with Gasteiger partial charge in [-0.3, -0.25) is 4.90 Å². The molecule has 100 valence electrons. The molecule has 0 N–H and O–H groups in total. The predicted molar refractivity (Wildman–Crippen MR) is 79.2 cm³/mol. The van der Waals surface area contributed by atoms with Crippen molar-refractivity contribution in [1.82, 2.24) is 4.90 Å². The van der Waals surface area contributed by atoms with E-state index in [0.717, 1.165) is 25.0 Å². The van der Waals surface area contributed by atoms with Crippen LogP contribution in [0, 0.1) is 6.92 Å². The highest BCUT2D eigenvalue weighted by atomic mass is 79.9. The van der Waals surface area contributed by atoms with Crippen LogP contribution in [-0.2, 0) is 11.3 Å². The Morgan fingerprint density at radius 1 is 1.39 bits per heavy atom. The van der Waals surface area contributed by atoms with Gasteiger partial charge in [-0.2, -0.15) is 0 Å². The van der Waals surface area contributed by atoms with Crippen LogP contribution < -0.4 is 0 Å². The highest BCUT2D eigenvalue weighted by Crippen LogP contribution is 2.24. The van der Waals surface area contributed by atoms with Gasteiger partial charge in [0.1, 0.15) is 0 Å². The van der Waals surface area contributed by atoms with Gasteiger partial charge in [0, 0.05) is 25.0 Å². The third-order valence-electron chi connectivity index (χ3n) is 3.38. The Balaban J connectivity index is 2.07. The lowest BCUT2D eigenvalue weighted by Crippen LogP contribution is -2.52. The lowest BCUT2D eigenvalue weighted by molar-refractivity contribution is -0.128. The number of ether oxygens (including phenoxy) is 1. The van der Waals surface area contributed by atoms with Gasteiger partial charge in [0.2, 0.25) is 0 Å². The molecule has 1 aliphatic heterocycles. The maximum absolute atomic E-state index is 6.03. The third-order valence-corrected chi connectivity index (χ3v) is 4.10. The van der Waals surface area contributed by atoms with Gasteiger partial charge in [-0.15, -0.1) is 0 Å². The molecule has 3 heteroatoms. The van der Waals surface area contributed by atoms with Crippen LogP contribution in [0.15, 0.2) is 24.3 Å². The number of benzene rings is 1.